The van der Waals surface area contributed by atoms with Gasteiger partial charge in [0, 0.05) is 18.1 Å². The molecule has 0 bridgehead atoms. The van der Waals surface area contributed by atoms with Crippen LogP contribution in [0.3, 0.4) is 0 Å². The van der Waals surface area contributed by atoms with Gasteiger partial charge in [0.1, 0.15) is 0 Å². The summed E-state index contributed by atoms with van der Waals surface area (Å²) in [5.41, 5.74) is 6.78. The molecule has 104 valence electrons. The Morgan fingerprint density at radius 1 is 1.53 bits per heavy atom. The molecule has 1 unspecified atom stereocenters. The zero-order valence-electron chi connectivity index (χ0n) is 11.1. The number of carbonyl (C=O) groups excluding carboxylic acids is 1. The summed E-state index contributed by atoms with van der Waals surface area (Å²) >= 11 is 5.88. The van der Waals surface area contributed by atoms with Gasteiger partial charge < -0.3 is 11.1 Å². The molecule has 0 spiro atoms. The summed E-state index contributed by atoms with van der Waals surface area (Å²) in [6.07, 6.45) is 2.16. The SMILES string of the molecule is C[C@H](N)C(=O)NC1CCCN1Cc1ccc(Cl)cc1. The lowest BCUT2D eigenvalue weighted by Crippen LogP contribution is -2.49. The van der Waals surface area contributed by atoms with E-state index in [0.717, 1.165) is 31.0 Å². The maximum atomic E-state index is 11.7. The number of nitrogens with two attached hydrogens (primary N) is 1. The highest BCUT2D eigenvalue weighted by atomic mass is 35.5. The summed E-state index contributed by atoms with van der Waals surface area (Å²) in [6.45, 7) is 3.52. The van der Waals surface area contributed by atoms with Crippen LogP contribution in [-0.2, 0) is 11.3 Å². The second-order valence-electron chi connectivity index (χ2n) is 5.05. The molecule has 19 heavy (non-hydrogen) atoms. The number of nitrogens with one attached hydrogen (secondary N) is 1. The van der Waals surface area contributed by atoms with Crippen LogP contribution in [0.2, 0.25) is 5.02 Å². The van der Waals surface area contributed by atoms with E-state index >= 15 is 0 Å². The van der Waals surface area contributed by atoms with Gasteiger partial charge in [0.25, 0.3) is 0 Å². The third-order valence-electron chi connectivity index (χ3n) is 3.39. The number of hydrogen-bond acceptors (Lipinski definition) is 3. The van der Waals surface area contributed by atoms with E-state index in [2.05, 4.69) is 10.2 Å². The number of benzene rings is 1. The van der Waals surface area contributed by atoms with Crippen molar-refractivity contribution in [3.63, 3.8) is 0 Å². The lowest BCUT2D eigenvalue weighted by Gasteiger charge is -2.26. The van der Waals surface area contributed by atoms with Crippen LogP contribution < -0.4 is 11.1 Å². The predicted octanol–water partition coefficient (Wildman–Crippen LogP) is 1.73. The Morgan fingerprint density at radius 3 is 2.84 bits per heavy atom. The van der Waals surface area contributed by atoms with E-state index in [9.17, 15) is 4.79 Å². The van der Waals surface area contributed by atoms with Gasteiger partial charge in [-0.05, 0) is 37.5 Å². The van der Waals surface area contributed by atoms with Gasteiger partial charge in [0.15, 0.2) is 0 Å². The van der Waals surface area contributed by atoms with Gasteiger partial charge in [0.2, 0.25) is 5.91 Å². The average Bonchev–Trinajstić information content (AvgIpc) is 2.79. The second-order valence-corrected chi connectivity index (χ2v) is 5.49. The predicted molar refractivity (Wildman–Crippen MR) is 76.7 cm³/mol. The van der Waals surface area contributed by atoms with E-state index in [4.69, 9.17) is 17.3 Å². The van der Waals surface area contributed by atoms with Crippen LogP contribution in [0.5, 0.6) is 0 Å². The Kier molecular flexibility index (Phi) is 4.80. The van der Waals surface area contributed by atoms with Gasteiger partial charge >= 0.3 is 0 Å². The van der Waals surface area contributed by atoms with E-state index in [1.54, 1.807) is 6.92 Å². The van der Waals surface area contributed by atoms with Gasteiger partial charge in [-0.25, -0.2) is 0 Å². The van der Waals surface area contributed by atoms with E-state index in [1.807, 2.05) is 24.3 Å². The highest BCUT2D eigenvalue weighted by molar-refractivity contribution is 6.30. The second kappa shape index (κ2) is 6.37. The van der Waals surface area contributed by atoms with Crippen molar-refractivity contribution in [1.82, 2.24) is 10.2 Å². The largest absolute Gasteiger partial charge is 0.339 e. The van der Waals surface area contributed by atoms with Gasteiger partial charge in [-0.2, -0.15) is 0 Å². The summed E-state index contributed by atoms with van der Waals surface area (Å²) in [4.78, 5) is 13.9. The molecule has 0 aliphatic carbocycles. The first-order valence-corrected chi connectivity index (χ1v) is 6.98. The lowest BCUT2D eigenvalue weighted by atomic mass is 10.2. The van der Waals surface area contributed by atoms with E-state index in [0.29, 0.717) is 0 Å². The van der Waals surface area contributed by atoms with Crippen LogP contribution >= 0.6 is 11.6 Å². The third-order valence-corrected chi connectivity index (χ3v) is 3.64. The molecule has 1 aliphatic rings. The fourth-order valence-corrected chi connectivity index (χ4v) is 2.42. The molecule has 2 rings (SSSR count). The normalized spacial score (nSPS) is 21.3. The third kappa shape index (κ3) is 3.93. The lowest BCUT2D eigenvalue weighted by molar-refractivity contribution is -0.123. The van der Waals surface area contributed by atoms with Crippen molar-refractivity contribution in [3.8, 4) is 0 Å². The van der Waals surface area contributed by atoms with Crippen molar-refractivity contribution in [2.45, 2.75) is 38.5 Å². The molecule has 1 aromatic rings. The minimum absolute atomic E-state index is 0.0898. The van der Waals surface area contributed by atoms with Crippen LogP contribution in [0.1, 0.15) is 25.3 Å². The van der Waals surface area contributed by atoms with Gasteiger partial charge in [-0.15, -0.1) is 0 Å². The number of amides is 1. The number of likely N-dealkylation sites (tertiary alicyclic amines) is 1. The Bertz CT molecular complexity index is 433. The van der Waals surface area contributed by atoms with Crippen molar-refractivity contribution in [2.24, 2.45) is 5.73 Å². The van der Waals surface area contributed by atoms with Gasteiger partial charge in [-0.3, -0.25) is 9.69 Å². The molecule has 2 atom stereocenters. The first kappa shape index (κ1) is 14.3. The summed E-state index contributed by atoms with van der Waals surface area (Å²) < 4.78 is 0. The van der Waals surface area contributed by atoms with E-state index in [-0.39, 0.29) is 12.1 Å². The van der Waals surface area contributed by atoms with Crippen molar-refractivity contribution < 1.29 is 4.79 Å². The van der Waals surface area contributed by atoms with Crippen LogP contribution in [0.25, 0.3) is 0 Å². The molecule has 1 fully saturated rings. The maximum Gasteiger partial charge on any atom is 0.237 e. The van der Waals surface area contributed by atoms with Gasteiger partial charge in [0.05, 0.1) is 12.2 Å². The molecular weight excluding hydrogens is 262 g/mol. The van der Waals surface area contributed by atoms with E-state index < -0.39 is 6.04 Å². The molecule has 1 heterocycles. The zero-order chi connectivity index (χ0) is 13.8. The molecule has 0 aromatic heterocycles. The van der Waals surface area contributed by atoms with Crippen LogP contribution in [-0.4, -0.2) is 29.6 Å². The van der Waals surface area contributed by atoms with E-state index in [1.165, 1.54) is 5.56 Å². The Morgan fingerprint density at radius 2 is 2.21 bits per heavy atom. The molecule has 1 aliphatic heterocycles. The van der Waals surface area contributed by atoms with Crippen molar-refractivity contribution in [2.75, 3.05) is 6.54 Å². The number of rotatable bonds is 4. The Labute approximate surface area is 118 Å². The fourth-order valence-electron chi connectivity index (χ4n) is 2.30. The van der Waals surface area contributed by atoms with Crippen LogP contribution in [0.15, 0.2) is 24.3 Å². The zero-order valence-corrected chi connectivity index (χ0v) is 11.9. The topological polar surface area (TPSA) is 58.4 Å². The first-order valence-electron chi connectivity index (χ1n) is 6.60. The molecule has 0 radical (unpaired) electrons. The minimum atomic E-state index is -0.460. The number of halogens is 1. The molecule has 0 saturated carbocycles. The van der Waals surface area contributed by atoms with Crippen LogP contribution in [0.4, 0.5) is 0 Å². The average molecular weight is 282 g/mol. The standard InChI is InChI=1S/C14H20ClN3O/c1-10(16)14(19)17-13-3-2-8-18(13)9-11-4-6-12(15)7-5-11/h4-7,10,13H,2-3,8-9,16H2,1H3,(H,17,19)/t10-,13?/m0/s1. The smallest absolute Gasteiger partial charge is 0.237 e. The molecule has 3 N–H and O–H groups in total. The highest BCUT2D eigenvalue weighted by Gasteiger charge is 2.26. The summed E-state index contributed by atoms with van der Waals surface area (Å²) in [6, 6.07) is 7.36. The fraction of sp³-hybridized carbons (Fsp3) is 0.500. The molecular formula is C14H20ClN3O. The maximum absolute atomic E-state index is 11.7. The Balaban J connectivity index is 1.95. The summed E-state index contributed by atoms with van der Waals surface area (Å²) in [5.74, 6) is -0.0898. The van der Waals surface area contributed by atoms with Crippen molar-refractivity contribution in [1.29, 1.82) is 0 Å². The number of hydrogen-bond donors (Lipinski definition) is 2. The van der Waals surface area contributed by atoms with Crippen LogP contribution in [0, 0.1) is 0 Å². The molecule has 5 heteroatoms. The summed E-state index contributed by atoms with van der Waals surface area (Å²) in [7, 11) is 0. The summed E-state index contributed by atoms with van der Waals surface area (Å²) in [5, 5.41) is 3.74. The molecule has 1 amide bonds. The highest BCUT2D eigenvalue weighted by Crippen LogP contribution is 2.19. The molecule has 1 aromatic carbocycles. The van der Waals surface area contributed by atoms with Crippen molar-refractivity contribution in [3.05, 3.63) is 34.9 Å². The number of nitrogens with zero attached hydrogens (tertiary/aromatic N) is 1. The first-order chi connectivity index (χ1) is 9.06. The van der Waals surface area contributed by atoms with Crippen molar-refractivity contribution >= 4 is 17.5 Å². The monoisotopic (exact) mass is 281 g/mol. The quantitative estimate of drug-likeness (QED) is 0.884. The molecule has 1 saturated heterocycles. The Hall–Kier alpha value is -1.10. The minimum Gasteiger partial charge on any atom is -0.339 e. The van der Waals surface area contributed by atoms with Gasteiger partial charge in [-0.1, -0.05) is 23.7 Å². The molecule has 4 nitrogen and oxygen atoms in total. The number of carbonyl (C=O) groups is 1.